The van der Waals surface area contributed by atoms with Gasteiger partial charge in [-0.2, -0.15) is 0 Å². The minimum atomic E-state index is 0.799. The molecule has 0 bridgehead atoms. The lowest BCUT2D eigenvalue weighted by molar-refractivity contribution is 0.414. The molecule has 0 amide bonds. The molecule has 2 aromatic rings. The summed E-state index contributed by atoms with van der Waals surface area (Å²) in [5.41, 5.74) is 4.63. The summed E-state index contributed by atoms with van der Waals surface area (Å²) < 4.78 is 5.31. The maximum atomic E-state index is 6.24. The topological polar surface area (TPSA) is 21.3 Å². The fourth-order valence-corrected chi connectivity index (χ4v) is 2.33. The van der Waals surface area contributed by atoms with Gasteiger partial charge in [-0.1, -0.05) is 36.7 Å². The zero-order valence-corrected chi connectivity index (χ0v) is 12.9. The van der Waals surface area contributed by atoms with Crippen LogP contribution >= 0.6 is 11.6 Å². The van der Waals surface area contributed by atoms with Crippen molar-refractivity contribution in [2.45, 2.75) is 20.4 Å². The van der Waals surface area contributed by atoms with E-state index in [2.05, 4.69) is 36.5 Å². The first-order valence-corrected chi connectivity index (χ1v) is 7.17. The van der Waals surface area contributed by atoms with E-state index >= 15 is 0 Å². The number of hydrogen-bond donors (Lipinski definition) is 1. The Bertz CT molecular complexity index is 596. The summed E-state index contributed by atoms with van der Waals surface area (Å²) in [6, 6.07) is 12.3. The Morgan fingerprint density at radius 2 is 1.95 bits per heavy atom. The van der Waals surface area contributed by atoms with Crippen LogP contribution in [0, 0.1) is 6.92 Å². The van der Waals surface area contributed by atoms with Gasteiger partial charge in [0.25, 0.3) is 0 Å². The Morgan fingerprint density at radius 3 is 2.60 bits per heavy atom. The molecule has 2 rings (SSSR count). The first-order chi connectivity index (χ1) is 9.65. The minimum absolute atomic E-state index is 0.799. The van der Waals surface area contributed by atoms with Crippen molar-refractivity contribution >= 4 is 11.6 Å². The largest absolute Gasteiger partial charge is 0.497 e. The average molecular weight is 290 g/mol. The van der Waals surface area contributed by atoms with E-state index in [9.17, 15) is 0 Å². The Morgan fingerprint density at radius 1 is 1.15 bits per heavy atom. The molecule has 0 saturated carbocycles. The number of halogens is 1. The zero-order valence-electron chi connectivity index (χ0n) is 12.2. The smallest absolute Gasteiger partial charge is 0.119 e. The van der Waals surface area contributed by atoms with Crippen LogP contribution in [0.25, 0.3) is 11.1 Å². The van der Waals surface area contributed by atoms with Crippen LogP contribution in [0.2, 0.25) is 5.02 Å². The van der Waals surface area contributed by atoms with E-state index in [1.165, 1.54) is 11.1 Å². The highest BCUT2D eigenvalue weighted by molar-refractivity contribution is 6.31. The average Bonchev–Trinajstić information content (AvgIpc) is 2.47. The summed E-state index contributed by atoms with van der Waals surface area (Å²) in [4.78, 5) is 0. The number of ether oxygens (including phenoxy) is 1. The Balaban J connectivity index is 2.45. The first kappa shape index (κ1) is 14.9. The fourth-order valence-electron chi connectivity index (χ4n) is 2.14. The van der Waals surface area contributed by atoms with E-state index in [4.69, 9.17) is 16.3 Å². The fraction of sp³-hybridized carbons (Fsp3) is 0.294. The Hall–Kier alpha value is -1.51. The van der Waals surface area contributed by atoms with Crippen LogP contribution in [0.15, 0.2) is 36.4 Å². The Kier molecular flexibility index (Phi) is 5.05. The molecule has 106 valence electrons. The van der Waals surface area contributed by atoms with Crippen molar-refractivity contribution in [3.8, 4) is 16.9 Å². The highest BCUT2D eigenvalue weighted by atomic mass is 35.5. The summed E-state index contributed by atoms with van der Waals surface area (Å²) >= 11 is 6.24. The molecule has 2 aromatic carbocycles. The number of methoxy groups -OCH3 is 1. The minimum Gasteiger partial charge on any atom is -0.497 e. The van der Waals surface area contributed by atoms with Crippen molar-refractivity contribution in [3.05, 3.63) is 52.5 Å². The molecule has 0 aliphatic rings. The monoisotopic (exact) mass is 289 g/mol. The van der Waals surface area contributed by atoms with Gasteiger partial charge in [-0.15, -0.1) is 0 Å². The molecule has 0 heterocycles. The van der Waals surface area contributed by atoms with Crippen LogP contribution in [0.1, 0.15) is 18.1 Å². The third kappa shape index (κ3) is 3.33. The normalized spacial score (nSPS) is 10.6. The number of hydrogen-bond acceptors (Lipinski definition) is 2. The van der Waals surface area contributed by atoms with Crippen molar-refractivity contribution in [3.63, 3.8) is 0 Å². The van der Waals surface area contributed by atoms with Gasteiger partial charge in [0.15, 0.2) is 0 Å². The van der Waals surface area contributed by atoms with Crippen molar-refractivity contribution in [2.75, 3.05) is 13.7 Å². The molecule has 0 saturated heterocycles. The molecule has 0 fully saturated rings. The zero-order chi connectivity index (χ0) is 14.5. The van der Waals surface area contributed by atoms with E-state index in [1.807, 2.05) is 19.1 Å². The highest BCUT2D eigenvalue weighted by Crippen LogP contribution is 2.30. The van der Waals surface area contributed by atoms with Gasteiger partial charge in [-0.25, -0.2) is 0 Å². The van der Waals surface area contributed by atoms with Crippen LogP contribution in [0.5, 0.6) is 5.75 Å². The molecular formula is C17H20ClNO. The molecule has 0 aromatic heterocycles. The second-order valence-corrected chi connectivity index (χ2v) is 5.17. The maximum Gasteiger partial charge on any atom is 0.119 e. The second-order valence-electron chi connectivity index (χ2n) is 4.77. The standard InChI is InChI=1S/C17H20ClNO/c1-4-19-11-14-9-15(20-3)7-8-16(14)13-6-5-12(2)17(18)10-13/h5-10,19H,4,11H2,1-3H3. The van der Waals surface area contributed by atoms with Crippen molar-refractivity contribution in [2.24, 2.45) is 0 Å². The third-order valence-electron chi connectivity index (χ3n) is 3.36. The highest BCUT2D eigenvalue weighted by Gasteiger charge is 2.08. The molecule has 0 radical (unpaired) electrons. The van der Waals surface area contributed by atoms with Gasteiger partial charge in [-0.05, 0) is 53.9 Å². The van der Waals surface area contributed by atoms with Crippen molar-refractivity contribution in [1.29, 1.82) is 0 Å². The van der Waals surface area contributed by atoms with Crippen LogP contribution in [-0.4, -0.2) is 13.7 Å². The van der Waals surface area contributed by atoms with E-state index in [0.29, 0.717) is 0 Å². The molecule has 0 spiro atoms. The predicted octanol–water partition coefficient (Wildman–Crippen LogP) is 4.43. The van der Waals surface area contributed by atoms with E-state index in [0.717, 1.165) is 35.0 Å². The van der Waals surface area contributed by atoms with E-state index in [-0.39, 0.29) is 0 Å². The van der Waals surface area contributed by atoms with E-state index < -0.39 is 0 Å². The summed E-state index contributed by atoms with van der Waals surface area (Å²) in [6.07, 6.45) is 0. The number of aryl methyl sites for hydroxylation is 1. The lowest BCUT2D eigenvalue weighted by atomic mass is 9.98. The van der Waals surface area contributed by atoms with Gasteiger partial charge < -0.3 is 10.1 Å². The van der Waals surface area contributed by atoms with Crippen LogP contribution in [0.4, 0.5) is 0 Å². The molecule has 0 aliphatic heterocycles. The lowest BCUT2D eigenvalue weighted by Gasteiger charge is -2.13. The molecule has 3 heteroatoms. The molecule has 0 aliphatic carbocycles. The first-order valence-electron chi connectivity index (χ1n) is 6.80. The predicted molar refractivity (Wildman–Crippen MR) is 85.6 cm³/mol. The quantitative estimate of drug-likeness (QED) is 0.879. The van der Waals surface area contributed by atoms with Gasteiger partial charge >= 0.3 is 0 Å². The van der Waals surface area contributed by atoms with E-state index in [1.54, 1.807) is 7.11 Å². The molecule has 2 nitrogen and oxygen atoms in total. The maximum absolute atomic E-state index is 6.24. The SMILES string of the molecule is CCNCc1cc(OC)ccc1-c1ccc(C)c(Cl)c1. The van der Waals surface area contributed by atoms with Crippen molar-refractivity contribution in [1.82, 2.24) is 5.32 Å². The van der Waals surface area contributed by atoms with Gasteiger partial charge in [0.2, 0.25) is 0 Å². The van der Waals surface area contributed by atoms with Crippen LogP contribution in [-0.2, 0) is 6.54 Å². The summed E-state index contributed by atoms with van der Waals surface area (Å²) in [7, 11) is 1.69. The van der Waals surface area contributed by atoms with Crippen molar-refractivity contribution < 1.29 is 4.74 Å². The molecule has 20 heavy (non-hydrogen) atoms. The summed E-state index contributed by atoms with van der Waals surface area (Å²) in [5.74, 6) is 0.875. The van der Waals surface area contributed by atoms with Crippen LogP contribution in [0.3, 0.4) is 0 Å². The molecule has 0 atom stereocenters. The third-order valence-corrected chi connectivity index (χ3v) is 3.77. The Labute approximate surface area is 125 Å². The number of benzene rings is 2. The van der Waals surface area contributed by atoms with Gasteiger partial charge in [0.05, 0.1) is 7.11 Å². The summed E-state index contributed by atoms with van der Waals surface area (Å²) in [6.45, 7) is 5.86. The summed E-state index contributed by atoms with van der Waals surface area (Å²) in [5, 5.41) is 4.16. The molecule has 0 unspecified atom stereocenters. The van der Waals surface area contributed by atoms with Crippen LogP contribution < -0.4 is 10.1 Å². The molecular weight excluding hydrogens is 270 g/mol. The number of nitrogens with one attached hydrogen (secondary N) is 1. The van der Waals surface area contributed by atoms with Gasteiger partial charge in [0.1, 0.15) is 5.75 Å². The molecule has 1 N–H and O–H groups in total. The second kappa shape index (κ2) is 6.78. The number of rotatable bonds is 5. The lowest BCUT2D eigenvalue weighted by Crippen LogP contribution is -2.12. The van der Waals surface area contributed by atoms with Gasteiger partial charge in [0, 0.05) is 11.6 Å². The van der Waals surface area contributed by atoms with Gasteiger partial charge in [-0.3, -0.25) is 0 Å².